The minimum absolute atomic E-state index is 0.0481. The predicted octanol–water partition coefficient (Wildman–Crippen LogP) is 3.93. The van der Waals surface area contributed by atoms with E-state index in [-0.39, 0.29) is 16.9 Å². The van der Waals surface area contributed by atoms with Crippen LogP contribution in [0.4, 0.5) is 17.6 Å². The van der Waals surface area contributed by atoms with Gasteiger partial charge < -0.3 is 4.90 Å². The van der Waals surface area contributed by atoms with Gasteiger partial charge in [0.05, 0.1) is 5.56 Å². The van der Waals surface area contributed by atoms with Crippen molar-refractivity contribution < 1.29 is 22.4 Å². The number of carbonyl (C=O) groups excluding carboxylic acids is 1. The topological polar surface area (TPSA) is 20.3 Å². The third-order valence-corrected chi connectivity index (χ3v) is 4.25. The van der Waals surface area contributed by atoms with Crippen LogP contribution in [0.15, 0.2) is 18.2 Å². The molecule has 2 nitrogen and oxygen atoms in total. The zero-order valence-electron chi connectivity index (χ0n) is 11.3. The van der Waals surface area contributed by atoms with Crippen molar-refractivity contribution in [2.24, 2.45) is 5.92 Å². The van der Waals surface area contributed by atoms with Crippen molar-refractivity contribution in [2.45, 2.75) is 24.9 Å². The first-order valence-electron chi connectivity index (χ1n) is 6.50. The molecule has 0 radical (unpaired) electrons. The number of likely N-dealkylation sites (tertiary alicyclic amines) is 1. The number of hydrogen-bond donors (Lipinski definition) is 0. The molecule has 0 spiro atoms. The second-order valence-corrected chi connectivity index (χ2v) is 5.79. The standard InChI is InChI=1S/C14H14ClF4NO/c1-8-7-20(5-4-11(8)15)13(21)9-2-3-12(16)10(6-9)14(17,18)19/h2-3,6,8,11H,4-5,7H2,1H3. The molecule has 0 aliphatic carbocycles. The van der Waals surface area contributed by atoms with Gasteiger partial charge in [-0.15, -0.1) is 11.6 Å². The highest BCUT2D eigenvalue weighted by atomic mass is 35.5. The lowest BCUT2D eigenvalue weighted by Gasteiger charge is -2.34. The van der Waals surface area contributed by atoms with Gasteiger partial charge in [-0.25, -0.2) is 4.39 Å². The van der Waals surface area contributed by atoms with Crippen LogP contribution in [0.2, 0.25) is 0 Å². The lowest BCUT2D eigenvalue weighted by molar-refractivity contribution is -0.140. The molecule has 1 aliphatic heterocycles. The lowest BCUT2D eigenvalue weighted by atomic mass is 9.98. The Labute approximate surface area is 124 Å². The van der Waals surface area contributed by atoms with E-state index in [0.717, 1.165) is 6.07 Å². The summed E-state index contributed by atoms with van der Waals surface area (Å²) in [5.74, 6) is -1.85. The Morgan fingerprint density at radius 2 is 2.05 bits per heavy atom. The molecule has 0 bridgehead atoms. The van der Waals surface area contributed by atoms with Crippen LogP contribution in [0.3, 0.4) is 0 Å². The first kappa shape index (κ1) is 16.1. The Bertz CT molecular complexity index is 546. The second kappa shape index (κ2) is 5.83. The molecule has 2 atom stereocenters. The summed E-state index contributed by atoms with van der Waals surface area (Å²) in [7, 11) is 0. The second-order valence-electron chi connectivity index (χ2n) is 5.23. The number of halogens is 5. The number of nitrogens with zero attached hydrogens (tertiary/aromatic N) is 1. The highest BCUT2D eigenvalue weighted by Gasteiger charge is 2.35. The van der Waals surface area contributed by atoms with Crippen molar-refractivity contribution in [3.05, 3.63) is 35.1 Å². The van der Waals surface area contributed by atoms with Crippen molar-refractivity contribution in [3.63, 3.8) is 0 Å². The SMILES string of the molecule is CC1CN(C(=O)c2ccc(F)c(C(F)(F)F)c2)CCC1Cl. The number of benzene rings is 1. The fourth-order valence-corrected chi connectivity index (χ4v) is 2.54. The molecule has 1 aromatic carbocycles. The van der Waals surface area contributed by atoms with E-state index in [2.05, 4.69) is 0 Å². The molecule has 21 heavy (non-hydrogen) atoms. The van der Waals surface area contributed by atoms with Gasteiger partial charge in [0, 0.05) is 24.0 Å². The van der Waals surface area contributed by atoms with Crippen LogP contribution < -0.4 is 0 Å². The van der Waals surface area contributed by atoms with Gasteiger partial charge in [-0.05, 0) is 30.5 Å². The number of amides is 1. The molecule has 1 saturated heterocycles. The summed E-state index contributed by atoms with van der Waals surface area (Å²) in [5.41, 5.74) is -1.59. The first-order chi connectivity index (χ1) is 9.70. The average Bonchev–Trinajstić information content (AvgIpc) is 2.40. The van der Waals surface area contributed by atoms with Gasteiger partial charge in [0.1, 0.15) is 5.82 Å². The van der Waals surface area contributed by atoms with E-state index in [0.29, 0.717) is 31.6 Å². The maximum atomic E-state index is 13.2. The third kappa shape index (κ3) is 3.48. The predicted molar refractivity (Wildman–Crippen MR) is 70.7 cm³/mol. The van der Waals surface area contributed by atoms with Gasteiger partial charge >= 0.3 is 6.18 Å². The molecule has 2 rings (SSSR count). The van der Waals surface area contributed by atoms with Crippen LogP contribution in [-0.4, -0.2) is 29.3 Å². The monoisotopic (exact) mass is 323 g/mol. The Kier molecular flexibility index (Phi) is 4.46. The Morgan fingerprint density at radius 1 is 1.38 bits per heavy atom. The Balaban J connectivity index is 2.24. The minimum atomic E-state index is -4.82. The van der Waals surface area contributed by atoms with Gasteiger partial charge in [-0.1, -0.05) is 6.92 Å². The highest BCUT2D eigenvalue weighted by molar-refractivity contribution is 6.20. The molecule has 0 N–H and O–H groups in total. The van der Waals surface area contributed by atoms with E-state index in [1.807, 2.05) is 6.92 Å². The van der Waals surface area contributed by atoms with Crippen LogP contribution in [0.25, 0.3) is 0 Å². The Hall–Kier alpha value is -1.30. The Morgan fingerprint density at radius 3 is 2.62 bits per heavy atom. The average molecular weight is 324 g/mol. The first-order valence-corrected chi connectivity index (χ1v) is 6.94. The molecule has 116 valence electrons. The summed E-state index contributed by atoms with van der Waals surface area (Å²) in [6, 6.07) is 2.31. The molecule has 7 heteroatoms. The van der Waals surface area contributed by atoms with E-state index < -0.39 is 23.5 Å². The molecule has 0 saturated carbocycles. The van der Waals surface area contributed by atoms with Crippen molar-refractivity contribution >= 4 is 17.5 Å². The van der Waals surface area contributed by atoms with Crippen LogP contribution in [0, 0.1) is 11.7 Å². The van der Waals surface area contributed by atoms with Crippen LogP contribution in [0.1, 0.15) is 29.3 Å². The molecule has 0 aromatic heterocycles. The van der Waals surface area contributed by atoms with Gasteiger partial charge in [-0.2, -0.15) is 13.2 Å². The van der Waals surface area contributed by atoms with E-state index >= 15 is 0 Å². The fourth-order valence-electron chi connectivity index (χ4n) is 2.36. The molecule has 1 aliphatic rings. The van der Waals surface area contributed by atoms with E-state index in [4.69, 9.17) is 11.6 Å². The van der Waals surface area contributed by atoms with E-state index in [1.165, 1.54) is 4.90 Å². The zero-order chi connectivity index (χ0) is 15.8. The lowest BCUT2D eigenvalue weighted by Crippen LogP contribution is -2.43. The highest BCUT2D eigenvalue weighted by Crippen LogP contribution is 2.32. The van der Waals surface area contributed by atoms with Gasteiger partial charge in [-0.3, -0.25) is 4.79 Å². The molecule has 1 aromatic rings. The van der Waals surface area contributed by atoms with Crippen LogP contribution in [0.5, 0.6) is 0 Å². The summed E-state index contributed by atoms with van der Waals surface area (Å²) >= 11 is 6.05. The largest absolute Gasteiger partial charge is 0.419 e. The number of carbonyl (C=O) groups is 1. The van der Waals surface area contributed by atoms with Gasteiger partial charge in [0.2, 0.25) is 0 Å². The zero-order valence-corrected chi connectivity index (χ0v) is 12.0. The molecular formula is C14H14ClF4NO. The maximum Gasteiger partial charge on any atom is 0.419 e. The van der Waals surface area contributed by atoms with E-state index in [1.54, 1.807) is 0 Å². The normalized spacial score (nSPS) is 23.2. The molecule has 1 amide bonds. The van der Waals surface area contributed by atoms with Crippen molar-refractivity contribution in [3.8, 4) is 0 Å². The summed E-state index contributed by atoms with van der Waals surface area (Å²) < 4.78 is 51.2. The summed E-state index contributed by atoms with van der Waals surface area (Å²) in [4.78, 5) is 13.7. The summed E-state index contributed by atoms with van der Waals surface area (Å²) in [5, 5.41) is -0.0481. The fraction of sp³-hybridized carbons (Fsp3) is 0.500. The minimum Gasteiger partial charge on any atom is -0.338 e. The molecule has 1 heterocycles. The van der Waals surface area contributed by atoms with Crippen LogP contribution >= 0.6 is 11.6 Å². The third-order valence-electron chi connectivity index (χ3n) is 3.61. The number of rotatable bonds is 1. The number of piperidine rings is 1. The quantitative estimate of drug-likeness (QED) is 0.566. The molecule has 2 unspecified atom stereocenters. The van der Waals surface area contributed by atoms with Crippen molar-refractivity contribution in [1.29, 1.82) is 0 Å². The van der Waals surface area contributed by atoms with Gasteiger partial charge in [0.15, 0.2) is 0 Å². The smallest absolute Gasteiger partial charge is 0.338 e. The summed E-state index contributed by atoms with van der Waals surface area (Å²) in [6.07, 6.45) is -4.24. The number of hydrogen-bond acceptors (Lipinski definition) is 1. The summed E-state index contributed by atoms with van der Waals surface area (Å²) in [6.45, 7) is 2.64. The number of alkyl halides is 4. The van der Waals surface area contributed by atoms with E-state index in [9.17, 15) is 22.4 Å². The van der Waals surface area contributed by atoms with Crippen molar-refractivity contribution in [1.82, 2.24) is 4.90 Å². The van der Waals surface area contributed by atoms with Crippen molar-refractivity contribution in [2.75, 3.05) is 13.1 Å². The van der Waals surface area contributed by atoms with Crippen LogP contribution in [-0.2, 0) is 6.18 Å². The maximum absolute atomic E-state index is 13.2. The molecular weight excluding hydrogens is 310 g/mol. The van der Waals surface area contributed by atoms with Gasteiger partial charge in [0.25, 0.3) is 5.91 Å². The molecule has 1 fully saturated rings.